The van der Waals surface area contributed by atoms with E-state index in [1.165, 1.54) is 6.07 Å². The molecule has 0 aromatic heterocycles. The monoisotopic (exact) mass is 229 g/mol. The van der Waals surface area contributed by atoms with Crippen LogP contribution < -0.4 is 5.32 Å². The van der Waals surface area contributed by atoms with Crippen LogP contribution in [-0.2, 0) is 11.2 Å². The second kappa shape index (κ2) is 5.92. The summed E-state index contributed by atoms with van der Waals surface area (Å²) in [5.41, 5.74) is 0.752. The molecule has 2 nitrogen and oxygen atoms in total. The minimum atomic E-state index is -0.815. The Hall–Kier alpha value is -1.00. The van der Waals surface area contributed by atoms with E-state index < -0.39 is 11.6 Å². The average Bonchev–Trinajstić information content (AvgIpc) is 2.29. The Morgan fingerprint density at radius 1 is 1.31 bits per heavy atom. The molecule has 0 aliphatic heterocycles. The van der Waals surface area contributed by atoms with Crippen LogP contribution in [0.4, 0.5) is 8.78 Å². The summed E-state index contributed by atoms with van der Waals surface area (Å²) in [5, 5.41) is 3.09. The minimum absolute atomic E-state index is 0.0121. The molecule has 4 heteroatoms. The number of hydrogen-bond donors (Lipinski definition) is 1. The highest BCUT2D eigenvalue weighted by atomic mass is 19.2. The second-order valence-electron chi connectivity index (χ2n) is 3.79. The second-order valence-corrected chi connectivity index (χ2v) is 3.79. The summed E-state index contributed by atoms with van der Waals surface area (Å²) in [6.45, 7) is 1.93. The van der Waals surface area contributed by atoms with Crippen LogP contribution in [0.3, 0.4) is 0 Å². The number of rotatable bonds is 5. The fourth-order valence-electron chi connectivity index (χ4n) is 1.59. The summed E-state index contributed by atoms with van der Waals surface area (Å²) in [5.74, 6) is -1.62. The van der Waals surface area contributed by atoms with E-state index in [2.05, 4.69) is 5.32 Å². The van der Waals surface area contributed by atoms with E-state index in [1.54, 1.807) is 13.2 Å². The van der Waals surface area contributed by atoms with Crippen LogP contribution in [0.25, 0.3) is 0 Å². The first-order valence-electron chi connectivity index (χ1n) is 5.22. The van der Waals surface area contributed by atoms with E-state index in [0.717, 1.165) is 11.6 Å². The highest BCUT2D eigenvalue weighted by molar-refractivity contribution is 5.19. The molecule has 16 heavy (non-hydrogen) atoms. The molecule has 0 saturated heterocycles. The molecule has 2 unspecified atom stereocenters. The molecule has 0 spiro atoms. The molecule has 0 radical (unpaired) electrons. The minimum Gasteiger partial charge on any atom is -0.380 e. The largest absolute Gasteiger partial charge is 0.380 e. The van der Waals surface area contributed by atoms with Gasteiger partial charge in [-0.1, -0.05) is 6.07 Å². The summed E-state index contributed by atoms with van der Waals surface area (Å²) < 4.78 is 30.9. The third kappa shape index (κ3) is 3.25. The lowest BCUT2D eigenvalue weighted by Gasteiger charge is -2.22. The Labute approximate surface area is 94.6 Å². The van der Waals surface area contributed by atoms with E-state index in [0.29, 0.717) is 6.42 Å². The first-order valence-corrected chi connectivity index (χ1v) is 5.22. The van der Waals surface area contributed by atoms with E-state index in [9.17, 15) is 8.78 Å². The number of halogens is 2. The summed E-state index contributed by atoms with van der Waals surface area (Å²) >= 11 is 0. The maximum absolute atomic E-state index is 13.0. The van der Waals surface area contributed by atoms with Gasteiger partial charge in [0, 0.05) is 13.2 Å². The van der Waals surface area contributed by atoms with Crippen LogP contribution in [0, 0.1) is 11.6 Å². The van der Waals surface area contributed by atoms with Gasteiger partial charge in [-0.2, -0.15) is 0 Å². The quantitative estimate of drug-likeness (QED) is 0.835. The van der Waals surface area contributed by atoms with Crippen LogP contribution in [0.5, 0.6) is 0 Å². The normalized spacial score (nSPS) is 14.8. The topological polar surface area (TPSA) is 21.3 Å². The van der Waals surface area contributed by atoms with Gasteiger partial charge in [0.25, 0.3) is 0 Å². The van der Waals surface area contributed by atoms with E-state index in [4.69, 9.17) is 4.74 Å². The molecular formula is C12H17F2NO. The average molecular weight is 229 g/mol. The number of likely N-dealkylation sites (N-methyl/N-ethyl adjacent to an activating group) is 1. The molecule has 0 aliphatic carbocycles. The predicted octanol–water partition coefficient (Wildman–Crippen LogP) is 2.13. The highest BCUT2D eigenvalue weighted by Gasteiger charge is 2.15. The molecule has 0 bridgehead atoms. The first kappa shape index (κ1) is 13.1. The van der Waals surface area contributed by atoms with Crippen molar-refractivity contribution in [2.24, 2.45) is 0 Å². The molecule has 0 fully saturated rings. The van der Waals surface area contributed by atoms with Crippen molar-refractivity contribution >= 4 is 0 Å². The highest BCUT2D eigenvalue weighted by Crippen LogP contribution is 2.12. The van der Waals surface area contributed by atoms with Gasteiger partial charge in [0.05, 0.1) is 6.10 Å². The van der Waals surface area contributed by atoms with Gasteiger partial charge < -0.3 is 10.1 Å². The van der Waals surface area contributed by atoms with Crippen molar-refractivity contribution in [1.29, 1.82) is 0 Å². The van der Waals surface area contributed by atoms with Gasteiger partial charge in [-0.3, -0.25) is 0 Å². The van der Waals surface area contributed by atoms with E-state index >= 15 is 0 Å². The van der Waals surface area contributed by atoms with Crippen molar-refractivity contribution in [3.8, 4) is 0 Å². The van der Waals surface area contributed by atoms with E-state index in [1.807, 2.05) is 14.0 Å². The summed E-state index contributed by atoms with van der Waals surface area (Å²) in [4.78, 5) is 0. The molecule has 90 valence electrons. The molecule has 0 aliphatic rings. The van der Waals surface area contributed by atoms with E-state index in [-0.39, 0.29) is 12.1 Å². The fraction of sp³-hybridized carbons (Fsp3) is 0.500. The van der Waals surface area contributed by atoms with Gasteiger partial charge in [0.1, 0.15) is 0 Å². The Bertz CT molecular complexity index is 344. The lowest BCUT2D eigenvalue weighted by molar-refractivity contribution is 0.0857. The Morgan fingerprint density at radius 3 is 2.50 bits per heavy atom. The summed E-state index contributed by atoms with van der Waals surface area (Å²) in [7, 11) is 3.44. The zero-order chi connectivity index (χ0) is 12.1. The summed E-state index contributed by atoms with van der Waals surface area (Å²) in [6, 6.07) is 4.04. The Balaban J connectivity index is 2.74. The lowest BCUT2D eigenvalue weighted by Crippen LogP contribution is -2.38. The predicted molar refractivity (Wildman–Crippen MR) is 59.4 cm³/mol. The van der Waals surface area contributed by atoms with Gasteiger partial charge in [0.2, 0.25) is 0 Å². The van der Waals surface area contributed by atoms with Crippen molar-refractivity contribution in [2.75, 3.05) is 14.2 Å². The van der Waals surface area contributed by atoms with Crippen molar-refractivity contribution in [3.05, 3.63) is 35.4 Å². The van der Waals surface area contributed by atoms with Gasteiger partial charge in [-0.15, -0.1) is 0 Å². The van der Waals surface area contributed by atoms with Gasteiger partial charge in [0.15, 0.2) is 11.6 Å². The number of hydrogen-bond acceptors (Lipinski definition) is 2. The maximum atomic E-state index is 13.0. The molecule has 2 atom stereocenters. The molecule has 1 N–H and O–H groups in total. The molecule has 1 aromatic rings. The molecule has 1 rings (SSSR count). The van der Waals surface area contributed by atoms with Crippen LogP contribution in [0.2, 0.25) is 0 Å². The molecule has 1 aromatic carbocycles. The summed E-state index contributed by atoms with van der Waals surface area (Å²) in [6.07, 6.45) is 0.612. The third-order valence-electron chi connectivity index (χ3n) is 2.75. The van der Waals surface area contributed by atoms with Crippen LogP contribution in [0.1, 0.15) is 12.5 Å². The number of nitrogens with one attached hydrogen (secondary N) is 1. The Kier molecular flexibility index (Phi) is 4.83. The van der Waals surface area contributed by atoms with Crippen LogP contribution in [-0.4, -0.2) is 26.3 Å². The van der Waals surface area contributed by atoms with Crippen LogP contribution >= 0.6 is 0 Å². The van der Waals surface area contributed by atoms with Crippen molar-refractivity contribution < 1.29 is 13.5 Å². The Morgan fingerprint density at radius 2 is 2.00 bits per heavy atom. The SMILES string of the molecule is CNC(Cc1ccc(F)c(F)c1)C(C)OC. The smallest absolute Gasteiger partial charge is 0.159 e. The van der Waals surface area contributed by atoms with Gasteiger partial charge in [-0.05, 0) is 38.1 Å². The van der Waals surface area contributed by atoms with Gasteiger partial charge >= 0.3 is 0 Å². The number of benzene rings is 1. The molecular weight excluding hydrogens is 212 g/mol. The van der Waals surface area contributed by atoms with Crippen molar-refractivity contribution in [1.82, 2.24) is 5.32 Å². The maximum Gasteiger partial charge on any atom is 0.159 e. The standard InChI is InChI=1S/C12H17F2NO/c1-8(16-3)12(15-2)7-9-4-5-10(13)11(14)6-9/h4-6,8,12,15H,7H2,1-3H3. The zero-order valence-corrected chi connectivity index (χ0v) is 9.76. The number of ether oxygens (including phenoxy) is 1. The first-order chi connectivity index (χ1) is 7.58. The van der Waals surface area contributed by atoms with Gasteiger partial charge in [-0.25, -0.2) is 8.78 Å². The molecule has 0 heterocycles. The van der Waals surface area contributed by atoms with Crippen LogP contribution in [0.15, 0.2) is 18.2 Å². The van der Waals surface area contributed by atoms with Crippen molar-refractivity contribution in [2.45, 2.75) is 25.5 Å². The fourth-order valence-corrected chi connectivity index (χ4v) is 1.59. The number of methoxy groups -OCH3 is 1. The molecule has 0 amide bonds. The zero-order valence-electron chi connectivity index (χ0n) is 9.76. The van der Waals surface area contributed by atoms with Crippen molar-refractivity contribution in [3.63, 3.8) is 0 Å². The third-order valence-corrected chi connectivity index (χ3v) is 2.75. The lowest BCUT2D eigenvalue weighted by atomic mass is 10.0. The molecule has 0 saturated carbocycles.